The second-order valence-electron chi connectivity index (χ2n) is 5.76. The molecule has 1 aliphatic carbocycles. The summed E-state index contributed by atoms with van der Waals surface area (Å²) in [6, 6.07) is 5.46. The van der Waals surface area contributed by atoms with Gasteiger partial charge in [0.15, 0.2) is 0 Å². The topological polar surface area (TPSA) is 96.3 Å². The number of aromatic nitrogens is 2. The van der Waals surface area contributed by atoms with E-state index >= 15 is 0 Å². The lowest BCUT2D eigenvalue weighted by Crippen LogP contribution is -2.25. The minimum absolute atomic E-state index is 0.137. The Morgan fingerprint density at radius 3 is 2.61 bits per heavy atom. The van der Waals surface area contributed by atoms with Gasteiger partial charge in [0.1, 0.15) is 0 Å². The molecule has 1 fully saturated rings. The van der Waals surface area contributed by atoms with E-state index < -0.39 is 0 Å². The van der Waals surface area contributed by atoms with E-state index in [-0.39, 0.29) is 23.4 Å². The molecule has 1 heterocycles. The zero-order valence-corrected chi connectivity index (χ0v) is 13.0. The van der Waals surface area contributed by atoms with Crippen molar-refractivity contribution in [3.8, 4) is 0 Å². The van der Waals surface area contributed by atoms with Gasteiger partial charge in [-0.25, -0.2) is 0 Å². The molecule has 0 bridgehead atoms. The van der Waals surface area contributed by atoms with Crippen LogP contribution in [0.15, 0.2) is 24.4 Å². The smallest absolute Gasteiger partial charge is 0.259 e. The highest BCUT2D eigenvalue weighted by Crippen LogP contribution is 2.22. The lowest BCUT2D eigenvalue weighted by atomic mass is 10.1. The molecule has 3 N–H and O–H groups in total. The van der Waals surface area contributed by atoms with E-state index in [9.17, 15) is 14.8 Å². The lowest BCUT2D eigenvalue weighted by molar-refractivity contribution is 0.0949. The molecule has 0 saturated heterocycles. The van der Waals surface area contributed by atoms with Crippen LogP contribution < -0.4 is 10.6 Å². The zero-order valence-electron chi connectivity index (χ0n) is 13.0. The minimum atomic E-state index is -0.384. The van der Waals surface area contributed by atoms with Gasteiger partial charge in [0.05, 0.1) is 17.5 Å². The van der Waals surface area contributed by atoms with Crippen molar-refractivity contribution in [3.63, 3.8) is 0 Å². The first-order chi connectivity index (χ1) is 11.0. The van der Waals surface area contributed by atoms with Crippen LogP contribution in [0.1, 0.15) is 44.8 Å². The standard InChI is InChI=1S/C16H18N4O3/c1-9-3-4-11(15(21)18-12-5-6-12)7-14(9)19-16(22)13-8-17-20(23)10(13)2/h3-4,7-8,12,23H,5-6H2,1-2H3,(H,18,21)(H,19,22). The summed E-state index contributed by atoms with van der Waals surface area (Å²) in [5.74, 6) is -0.520. The van der Waals surface area contributed by atoms with E-state index in [2.05, 4.69) is 15.7 Å². The maximum atomic E-state index is 12.3. The number of carbonyl (C=O) groups excluding carboxylic acids is 2. The number of benzene rings is 1. The molecule has 1 saturated carbocycles. The molecule has 23 heavy (non-hydrogen) atoms. The third-order valence-corrected chi connectivity index (χ3v) is 3.89. The monoisotopic (exact) mass is 314 g/mol. The Kier molecular flexibility index (Phi) is 3.77. The molecule has 1 aromatic heterocycles. The second-order valence-corrected chi connectivity index (χ2v) is 5.76. The molecule has 2 amide bonds. The molecule has 1 aromatic carbocycles. The van der Waals surface area contributed by atoms with Crippen molar-refractivity contribution in [2.24, 2.45) is 0 Å². The van der Waals surface area contributed by atoms with Gasteiger partial charge in [0, 0.05) is 17.3 Å². The van der Waals surface area contributed by atoms with Crippen LogP contribution in [0, 0.1) is 13.8 Å². The quantitative estimate of drug-likeness (QED) is 0.751. The molecule has 7 nitrogen and oxygen atoms in total. The predicted molar refractivity (Wildman–Crippen MR) is 83.8 cm³/mol. The number of hydrogen-bond acceptors (Lipinski definition) is 4. The van der Waals surface area contributed by atoms with E-state index in [4.69, 9.17) is 0 Å². The van der Waals surface area contributed by atoms with Crippen molar-refractivity contribution < 1.29 is 14.8 Å². The van der Waals surface area contributed by atoms with Gasteiger partial charge in [-0.3, -0.25) is 9.59 Å². The fourth-order valence-corrected chi connectivity index (χ4v) is 2.21. The summed E-state index contributed by atoms with van der Waals surface area (Å²) in [5, 5.41) is 18.7. The highest BCUT2D eigenvalue weighted by atomic mass is 16.5. The van der Waals surface area contributed by atoms with Crippen LogP contribution >= 0.6 is 0 Å². The third kappa shape index (κ3) is 3.18. The van der Waals surface area contributed by atoms with Crippen molar-refractivity contribution in [2.75, 3.05) is 5.32 Å². The van der Waals surface area contributed by atoms with Crippen LogP contribution in [0.4, 0.5) is 5.69 Å². The summed E-state index contributed by atoms with van der Waals surface area (Å²) < 4.78 is 0. The Bertz CT molecular complexity index is 778. The molecule has 1 aliphatic rings. The SMILES string of the molecule is Cc1ccc(C(=O)NC2CC2)cc1NC(=O)c1cnn(O)c1C. The fraction of sp³-hybridized carbons (Fsp3) is 0.312. The third-order valence-electron chi connectivity index (χ3n) is 3.89. The van der Waals surface area contributed by atoms with Crippen LogP contribution in [-0.2, 0) is 0 Å². The van der Waals surface area contributed by atoms with Gasteiger partial charge >= 0.3 is 0 Å². The maximum absolute atomic E-state index is 12.3. The number of aryl methyl sites for hydroxylation is 1. The summed E-state index contributed by atoms with van der Waals surface area (Å²) >= 11 is 0. The number of amides is 2. The first kappa shape index (κ1) is 15.1. The molecule has 0 aliphatic heterocycles. The number of carbonyl (C=O) groups is 2. The molecular weight excluding hydrogens is 296 g/mol. The van der Waals surface area contributed by atoms with Gasteiger partial charge < -0.3 is 15.8 Å². The van der Waals surface area contributed by atoms with Crippen LogP contribution in [0.25, 0.3) is 0 Å². The van der Waals surface area contributed by atoms with Gasteiger partial charge in [0.2, 0.25) is 0 Å². The summed E-state index contributed by atoms with van der Waals surface area (Å²) in [6.45, 7) is 3.44. The van der Waals surface area contributed by atoms with Crippen molar-refractivity contribution >= 4 is 17.5 Å². The van der Waals surface area contributed by atoms with Gasteiger partial charge in [-0.2, -0.15) is 0 Å². The Balaban J connectivity index is 1.80. The fourth-order valence-electron chi connectivity index (χ4n) is 2.21. The van der Waals surface area contributed by atoms with Gasteiger partial charge in [-0.05, 0) is 44.4 Å². The highest BCUT2D eigenvalue weighted by molar-refractivity contribution is 6.06. The van der Waals surface area contributed by atoms with Crippen LogP contribution in [0.2, 0.25) is 0 Å². The zero-order chi connectivity index (χ0) is 16.6. The normalized spacial score (nSPS) is 13.7. The number of nitrogens with zero attached hydrogens (tertiary/aromatic N) is 2. The summed E-state index contributed by atoms with van der Waals surface area (Å²) in [4.78, 5) is 25.0. The van der Waals surface area contributed by atoms with Crippen molar-refractivity contribution in [1.82, 2.24) is 15.3 Å². The average molecular weight is 314 g/mol. The number of nitrogens with one attached hydrogen (secondary N) is 2. The predicted octanol–water partition coefficient (Wildman–Crippen LogP) is 1.88. The van der Waals surface area contributed by atoms with E-state index in [1.807, 2.05) is 6.92 Å². The molecule has 0 spiro atoms. The molecule has 0 radical (unpaired) electrons. The van der Waals surface area contributed by atoms with E-state index in [1.54, 1.807) is 25.1 Å². The maximum Gasteiger partial charge on any atom is 0.259 e. The Labute approximate surface area is 133 Å². The van der Waals surface area contributed by atoms with Crippen LogP contribution in [-0.4, -0.2) is 33.0 Å². The minimum Gasteiger partial charge on any atom is -0.411 e. The first-order valence-electron chi connectivity index (χ1n) is 7.42. The van der Waals surface area contributed by atoms with Crippen LogP contribution in [0.5, 0.6) is 0 Å². The number of hydrogen-bond donors (Lipinski definition) is 3. The molecule has 2 aromatic rings. The van der Waals surface area contributed by atoms with Crippen LogP contribution in [0.3, 0.4) is 0 Å². The molecule has 0 unspecified atom stereocenters. The van der Waals surface area contributed by atoms with Gasteiger partial charge in [-0.15, -0.1) is 9.94 Å². The van der Waals surface area contributed by atoms with E-state index in [0.29, 0.717) is 21.8 Å². The summed E-state index contributed by atoms with van der Waals surface area (Å²) in [5.41, 5.74) is 2.54. The Morgan fingerprint density at radius 1 is 1.26 bits per heavy atom. The second kappa shape index (κ2) is 5.75. The Hall–Kier alpha value is -2.83. The molecular formula is C16H18N4O3. The van der Waals surface area contributed by atoms with Gasteiger partial charge in [0.25, 0.3) is 11.8 Å². The highest BCUT2D eigenvalue weighted by Gasteiger charge is 2.24. The summed E-state index contributed by atoms with van der Waals surface area (Å²) in [7, 11) is 0. The van der Waals surface area contributed by atoms with Crippen molar-refractivity contribution in [1.29, 1.82) is 0 Å². The number of anilines is 1. The lowest BCUT2D eigenvalue weighted by Gasteiger charge is -2.10. The van der Waals surface area contributed by atoms with E-state index in [0.717, 1.165) is 18.4 Å². The molecule has 120 valence electrons. The average Bonchev–Trinajstić information content (AvgIpc) is 3.26. The molecule has 0 atom stereocenters. The molecule has 3 rings (SSSR count). The Morgan fingerprint density at radius 2 is 2.00 bits per heavy atom. The van der Waals surface area contributed by atoms with Crippen molar-refractivity contribution in [2.45, 2.75) is 32.7 Å². The number of rotatable bonds is 4. The first-order valence-corrected chi connectivity index (χ1v) is 7.42. The largest absolute Gasteiger partial charge is 0.411 e. The van der Waals surface area contributed by atoms with Gasteiger partial charge in [-0.1, -0.05) is 6.07 Å². The summed E-state index contributed by atoms with van der Waals surface area (Å²) in [6.07, 6.45) is 3.33. The van der Waals surface area contributed by atoms with Crippen molar-refractivity contribution in [3.05, 3.63) is 46.8 Å². The molecule has 7 heteroatoms. The van der Waals surface area contributed by atoms with E-state index in [1.165, 1.54) is 6.20 Å².